The Morgan fingerprint density at radius 2 is 1.40 bits per heavy atom. The molecule has 1 atom stereocenters. The molecule has 25 heavy (non-hydrogen) atoms. The summed E-state index contributed by atoms with van der Waals surface area (Å²) in [4.78, 5) is 11.0. The van der Waals surface area contributed by atoms with Gasteiger partial charge in [-0.05, 0) is 35.2 Å². The van der Waals surface area contributed by atoms with Crippen LogP contribution in [0.25, 0.3) is 0 Å². The van der Waals surface area contributed by atoms with Gasteiger partial charge in [-0.3, -0.25) is 4.79 Å². The van der Waals surface area contributed by atoms with Crippen LogP contribution in [-0.4, -0.2) is 6.41 Å². The first-order valence-corrected chi connectivity index (χ1v) is 8.35. The molecule has 3 nitrogen and oxygen atoms in total. The topological polar surface area (TPSA) is 38.3 Å². The molecule has 0 radical (unpaired) electrons. The van der Waals surface area contributed by atoms with Crippen molar-refractivity contribution in [1.29, 1.82) is 0 Å². The average molecular weight is 331 g/mol. The van der Waals surface area contributed by atoms with Crippen molar-refractivity contribution in [2.45, 2.75) is 19.1 Å². The minimum Gasteiger partial charge on any atom is -0.489 e. The van der Waals surface area contributed by atoms with Gasteiger partial charge in [-0.25, -0.2) is 0 Å². The lowest BCUT2D eigenvalue weighted by atomic mass is 9.99. The molecule has 3 aromatic carbocycles. The fourth-order valence-electron chi connectivity index (χ4n) is 2.74. The van der Waals surface area contributed by atoms with E-state index in [4.69, 9.17) is 4.74 Å². The second-order valence-electron chi connectivity index (χ2n) is 5.87. The molecule has 0 saturated carbocycles. The number of hydrogen-bond acceptors (Lipinski definition) is 2. The van der Waals surface area contributed by atoms with Gasteiger partial charge >= 0.3 is 0 Å². The highest BCUT2D eigenvalue weighted by Gasteiger charge is 2.11. The first kappa shape index (κ1) is 16.8. The van der Waals surface area contributed by atoms with Crippen LogP contribution in [0.15, 0.2) is 84.9 Å². The highest BCUT2D eigenvalue weighted by molar-refractivity contribution is 5.48. The zero-order chi connectivity index (χ0) is 17.3. The summed E-state index contributed by atoms with van der Waals surface area (Å²) >= 11 is 0. The Bertz CT molecular complexity index is 770. The lowest BCUT2D eigenvalue weighted by Crippen LogP contribution is -2.21. The highest BCUT2D eigenvalue weighted by atomic mass is 16.5. The summed E-state index contributed by atoms with van der Waals surface area (Å²) in [7, 11) is 0. The van der Waals surface area contributed by atoms with Crippen LogP contribution >= 0.6 is 0 Å². The van der Waals surface area contributed by atoms with E-state index in [9.17, 15) is 4.79 Å². The molecule has 3 aromatic rings. The maximum absolute atomic E-state index is 11.0. The number of carbonyl (C=O) groups excluding carboxylic acids is 1. The number of nitrogens with one attached hydrogen (secondary N) is 1. The summed E-state index contributed by atoms with van der Waals surface area (Å²) in [5, 5.41) is 2.90. The second kappa shape index (κ2) is 8.69. The molecule has 126 valence electrons. The van der Waals surface area contributed by atoms with Crippen molar-refractivity contribution in [3.05, 3.63) is 102 Å². The monoisotopic (exact) mass is 331 g/mol. The zero-order valence-electron chi connectivity index (χ0n) is 14.0. The van der Waals surface area contributed by atoms with Gasteiger partial charge in [0.15, 0.2) is 0 Å². The molecule has 0 bridgehead atoms. The number of hydrogen-bond donors (Lipinski definition) is 1. The van der Waals surface area contributed by atoms with Crippen LogP contribution in [0.5, 0.6) is 5.75 Å². The fraction of sp³-hybridized carbons (Fsp3) is 0.136. The highest BCUT2D eigenvalue weighted by Crippen LogP contribution is 2.21. The zero-order valence-corrected chi connectivity index (χ0v) is 14.0. The first-order valence-electron chi connectivity index (χ1n) is 8.35. The maximum Gasteiger partial charge on any atom is 0.207 e. The molecule has 1 N–H and O–H groups in total. The fourth-order valence-corrected chi connectivity index (χ4v) is 2.74. The Kier molecular flexibility index (Phi) is 5.83. The molecule has 0 fully saturated rings. The van der Waals surface area contributed by atoms with Gasteiger partial charge in [-0.1, -0.05) is 72.8 Å². The Labute approximate surface area is 148 Å². The van der Waals surface area contributed by atoms with Crippen molar-refractivity contribution < 1.29 is 9.53 Å². The smallest absolute Gasteiger partial charge is 0.207 e. The standard InChI is InChI=1S/C22H21NO2/c24-17-23-22(15-18-7-3-1-4-8-18)20-11-13-21(14-12-20)25-16-19-9-5-2-6-10-19/h1-14,17,22H,15-16H2,(H,23,24). The lowest BCUT2D eigenvalue weighted by molar-refractivity contribution is -0.110. The van der Waals surface area contributed by atoms with E-state index >= 15 is 0 Å². The van der Waals surface area contributed by atoms with E-state index in [1.54, 1.807) is 0 Å². The SMILES string of the molecule is O=CNC(Cc1ccccc1)c1ccc(OCc2ccccc2)cc1. The molecule has 0 saturated heterocycles. The van der Waals surface area contributed by atoms with E-state index in [1.807, 2.05) is 72.8 Å². The Balaban J connectivity index is 1.65. The number of rotatable bonds is 8. The summed E-state index contributed by atoms with van der Waals surface area (Å²) in [6.07, 6.45) is 1.51. The van der Waals surface area contributed by atoms with Crippen LogP contribution < -0.4 is 10.1 Å². The van der Waals surface area contributed by atoms with E-state index in [0.717, 1.165) is 29.7 Å². The van der Waals surface area contributed by atoms with Crippen LogP contribution in [0.1, 0.15) is 22.7 Å². The number of carbonyl (C=O) groups is 1. The summed E-state index contributed by atoms with van der Waals surface area (Å²) in [5.74, 6) is 0.817. The molecule has 1 amide bonds. The normalized spacial score (nSPS) is 11.5. The van der Waals surface area contributed by atoms with Crippen molar-refractivity contribution in [3.8, 4) is 5.75 Å². The molecular formula is C22H21NO2. The van der Waals surface area contributed by atoms with Gasteiger partial charge in [0, 0.05) is 0 Å². The minimum atomic E-state index is -0.0527. The Hall–Kier alpha value is -3.07. The number of amides is 1. The van der Waals surface area contributed by atoms with Crippen LogP contribution in [-0.2, 0) is 17.8 Å². The predicted octanol–water partition coefficient (Wildman–Crippen LogP) is 4.30. The molecule has 0 heterocycles. The van der Waals surface area contributed by atoms with Gasteiger partial charge in [-0.2, -0.15) is 0 Å². The summed E-state index contributed by atoms with van der Waals surface area (Å²) in [6, 6.07) is 28.1. The van der Waals surface area contributed by atoms with Gasteiger partial charge in [0.2, 0.25) is 6.41 Å². The van der Waals surface area contributed by atoms with Crippen LogP contribution in [0.2, 0.25) is 0 Å². The molecule has 3 heteroatoms. The maximum atomic E-state index is 11.0. The van der Waals surface area contributed by atoms with Gasteiger partial charge in [-0.15, -0.1) is 0 Å². The van der Waals surface area contributed by atoms with E-state index < -0.39 is 0 Å². The third kappa shape index (κ3) is 4.95. The first-order chi connectivity index (χ1) is 12.3. The summed E-state index contributed by atoms with van der Waals surface area (Å²) in [6.45, 7) is 0.542. The van der Waals surface area contributed by atoms with E-state index in [1.165, 1.54) is 5.56 Å². The van der Waals surface area contributed by atoms with Gasteiger partial charge in [0.25, 0.3) is 0 Å². The Morgan fingerprint density at radius 1 is 0.800 bits per heavy atom. The van der Waals surface area contributed by atoms with Gasteiger partial charge in [0.1, 0.15) is 12.4 Å². The van der Waals surface area contributed by atoms with Gasteiger partial charge in [0.05, 0.1) is 6.04 Å². The molecule has 0 spiro atoms. The van der Waals surface area contributed by atoms with E-state index in [0.29, 0.717) is 6.61 Å². The van der Waals surface area contributed by atoms with Crippen molar-refractivity contribution in [2.75, 3.05) is 0 Å². The van der Waals surface area contributed by atoms with Crippen molar-refractivity contribution >= 4 is 6.41 Å². The van der Waals surface area contributed by atoms with Crippen molar-refractivity contribution in [2.24, 2.45) is 0 Å². The molecule has 0 aromatic heterocycles. The van der Waals surface area contributed by atoms with Crippen molar-refractivity contribution in [3.63, 3.8) is 0 Å². The van der Waals surface area contributed by atoms with Crippen LogP contribution in [0.3, 0.4) is 0 Å². The Morgan fingerprint density at radius 3 is 2.00 bits per heavy atom. The molecule has 0 aliphatic rings. The quantitative estimate of drug-likeness (QED) is 0.625. The molecule has 3 rings (SSSR count). The van der Waals surface area contributed by atoms with Gasteiger partial charge < -0.3 is 10.1 Å². The summed E-state index contributed by atoms with van der Waals surface area (Å²) < 4.78 is 5.82. The van der Waals surface area contributed by atoms with E-state index in [2.05, 4.69) is 17.4 Å². The van der Waals surface area contributed by atoms with Crippen molar-refractivity contribution in [1.82, 2.24) is 5.32 Å². The number of benzene rings is 3. The molecular weight excluding hydrogens is 310 g/mol. The third-order valence-corrected chi connectivity index (χ3v) is 4.08. The van der Waals surface area contributed by atoms with E-state index in [-0.39, 0.29) is 6.04 Å². The summed E-state index contributed by atoms with van der Waals surface area (Å²) in [5.41, 5.74) is 3.38. The second-order valence-corrected chi connectivity index (χ2v) is 5.87. The molecule has 0 aliphatic carbocycles. The molecule has 1 unspecified atom stereocenters. The minimum absolute atomic E-state index is 0.0527. The predicted molar refractivity (Wildman–Crippen MR) is 99.3 cm³/mol. The number of ether oxygens (including phenoxy) is 1. The largest absolute Gasteiger partial charge is 0.489 e. The average Bonchev–Trinajstić information content (AvgIpc) is 2.68. The molecule has 0 aliphatic heterocycles. The lowest BCUT2D eigenvalue weighted by Gasteiger charge is -2.17. The third-order valence-electron chi connectivity index (χ3n) is 4.08. The van der Waals surface area contributed by atoms with Crippen LogP contribution in [0.4, 0.5) is 0 Å². The van der Waals surface area contributed by atoms with Crippen LogP contribution in [0, 0.1) is 0 Å².